The number of hydrogen-bond donors (Lipinski definition) is 0. The third-order valence-corrected chi connectivity index (χ3v) is 3.51. The first-order valence-electron chi connectivity index (χ1n) is 6.30. The van der Waals surface area contributed by atoms with Crippen LogP contribution in [-0.4, -0.2) is 25.2 Å². The van der Waals surface area contributed by atoms with Gasteiger partial charge in [0.25, 0.3) is 5.78 Å². The van der Waals surface area contributed by atoms with Crippen molar-refractivity contribution in [1.29, 1.82) is 0 Å². The number of carbonyl (C=O) groups excluding carboxylic acids is 2. The van der Waals surface area contributed by atoms with Crippen LogP contribution in [0, 0.1) is 0 Å². The van der Waals surface area contributed by atoms with Gasteiger partial charge in [0.1, 0.15) is 0 Å². The molecule has 20 heavy (non-hydrogen) atoms. The zero-order valence-electron chi connectivity index (χ0n) is 11.5. The SMILES string of the molecule is CCOC(=O)C(=O)c1cc(Br)c2c(c1C(C)C)OCO2. The van der Waals surface area contributed by atoms with Crippen molar-refractivity contribution in [3.8, 4) is 11.5 Å². The monoisotopic (exact) mass is 342 g/mol. The van der Waals surface area contributed by atoms with Gasteiger partial charge < -0.3 is 14.2 Å². The van der Waals surface area contributed by atoms with Crippen LogP contribution >= 0.6 is 15.9 Å². The van der Waals surface area contributed by atoms with E-state index in [0.29, 0.717) is 21.5 Å². The van der Waals surface area contributed by atoms with Crippen LogP contribution in [0.1, 0.15) is 42.6 Å². The molecule has 0 unspecified atom stereocenters. The molecular weight excluding hydrogens is 328 g/mol. The summed E-state index contributed by atoms with van der Waals surface area (Å²) in [5, 5.41) is 0. The maximum absolute atomic E-state index is 12.2. The summed E-state index contributed by atoms with van der Waals surface area (Å²) < 4.78 is 16.2. The molecule has 6 heteroatoms. The van der Waals surface area contributed by atoms with Crippen LogP contribution in [-0.2, 0) is 9.53 Å². The summed E-state index contributed by atoms with van der Waals surface area (Å²) in [4.78, 5) is 23.9. The fourth-order valence-electron chi connectivity index (χ4n) is 2.12. The molecule has 0 amide bonds. The summed E-state index contributed by atoms with van der Waals surface area (Å²) in [6, 6.07) is 1.59. The van der Waals surface area contributed by atoms with Crippen molar-refractivity contribution in [2.75, 3.05) is 13.4 Å². The molecule has 2 rings (SSSR count). The summed E-state index contributed by atoms with van der Waals surface area (Å²) in [6.07, 6.45) is 0. The zero-order valence-corrected chi connectivity index (χ0v) is 13.1. The van der Waals surface area contributed by atoms with Crippen molar-refractivity contribution in [1.82, 2.24) is 0 Å². The highest BCUT2D eigenvalue weighted by atomic mass is 79.9. The molecule has 108 valence electrons. The predicted octanol–water partition coefficient (Wildman–Crippen LogP) is 3.05. The minimum Gasteiger partial charge on any atom is -0.460 e. The highest BCUT2D eigenvalue weighted by Gasteiger charge is 2.31. The molecule has 0 saturated heterocycles. The average Bonchev–Trinajstić information content (AvgIpc) is 2.87. The molecule has 0 N–H and O–H groups in total. The smallest absolute Gasteiger partial charge is 0.379 e. The van der Waals surface area contributed by atoms with Crippen LogP contribution in [0.15, 0.2) is 10.5 Å². The summed E-state index contributed by atoms with van der Waals surface area (Å²) in [6.45, 7) is 5.77. The second-order valence-corrected chi connectivity index (χ2v) is 5.44. The van der Waals surface area contributed by atoms with Gasteiger partial charge in [-0.15, -0.1) is 0 Å². The van der Waals surface area contributed by atoms with Crippen LogP contribution in [0.2, 0.25) is 0 Å². The van der Waals surface area contributed by atoms with E-state index < -0.39 is 11.8 Å². The lowest BCUT2D eigenvalue weighted by atomic mass is 9.93. The molecule has 0 saturated carbocycles. The first kappa shape index (κ1) is 14.8. The van der Waals surface area contributed by atoms with Gasteiger partial charge in [0.05, 0.1) is 11.1 Å². The van der Waals surface area contributed by atoms with Crippen molar-refractivity contribution in [2.45, 2.75) is 26.7 Å². The number of Topliss-reactive ketones (excluding diaryl/α,β-unsaturated/α-hetero) is 1. The number of fused-ring (bicyclic) bond motifs is 1. The molecule has 0 radical (unpaired) electrons. The van der Waals surface area contributed by atoms with Crippen LogP contribution < -0.4 is 9.47 Å². The summed E-state index contributed by atoms with van der Waals surface area (Å²) in [5.41, 5.74) is 0.952. The number of ketones is 1. The Balaban J connectivity index is 2.56. The van der Waals surface area contributed by atoms with Crippen LogP contribution in [0.4, 0.5) is 0 Å². The molecule has 1 aromatic carbocycles. The summed E-state index contributed by atoms with van der Waals surface area (Å²) in [5.74, 6) is -0.447. The van der Waals surface area contributed by atoms with Gasteiger partial charge in [-0.1, -0.05) is 13.8 Å². The molecule has 1 aliphatic rings. The molecule has 1 heterocycles. The Morgan fingerprint density at radius 1 is 1.35 bits per heavy atom. The highest BCUT2D eigenvalue weighted by molar-refractivity contribution is 9.10. The fourth-order valence-corrected chi connectivity index (χ4v) is 2.64. The third kappa shape index (κ3) is 2.52. The van der Waals surface area contributed by atoms with Crippen LogP contribution in [0.25, 0.3) is 0 Å². The number of benzene rings is 1. The van der Waals surface area contributed by atoms with Crippen molar-refractivity contribution >= 4 is 27.7 Å². The quantitative estimate of drug-likeness (QED) is 0.478. The van der Waals surface area contributed by atoms with Gasteiger partial charge in [0.2, 0.25) is 6.79 Å². The average molecular weight is 343 g/mol. The van der Waals surface area contributed by atoms with E-state index in [4.69, 9.17) is 14.2 Å². The van der Waals surface area contributed by atoms with Crippen LogP contribution in [0.3, 0.4) is 0 Å². The van der Waals surface area contributed by atoms with Gasteiger partial charge in [0.15, 0.2) is 11.5 Å². The van der Waals surface area contributed by atoms with Crippen molar-refractivity contribution in [3.63, 3.8) is 0 Å². The van der Waals surface area contributed by atoms with Crippen LogP contribution in [0.5, 0.6) is 11.5 Å². The Kier molecular flexibility index (Phi) is 4.32. The predicted molar refractivity (Wildman–Crippen MR) is 75.3 cm³/mol. The van der Waals surface area contributed by atoms with E-state index in [1.165, 1.54) is 0 Å². The second kappa shape index (κ2) is 5.83. The molecule has 0 fully saturated rings. The standard InChI is InChI=1S/C14H15BrO5/c1-4-18-14(17)11(16)8-5-9(15)12-13(20-6-19-12)10(8)7(2)3/h5,7H,4,6H2,1-3H3. The van der Waals surface area contributed by atoms with E-state index in [-0.39, 0.29) is 24.9 Å². The maximum Gasteiger partial charge on any atom is 0.379 e. The maximum atomic E-state index is 12.2. The van der Waals surface area contributed by atoms with E-state index in [9.17, 15) is 9.59 Å². The van der Waals surface area contributed by atoms with E-state index >= 15 is 0 Å². The molecule has 0 aromatic heterocycles. The third-order valence-electron chi connectivity index (χ3n) is 2.92. The van der Waals surface area contributed by atoms with E-state index in [2.05, 4.69) is 15.9 Å². The summed E-state index contributed by atoms with van der Waals surface area (Å²) >= 11 is 3.33. The number of rotatable bonds is 4. The van der Waals surface area contributed by atoms with E-state index in [1.54, 1.807) is 13.0 Å². The van der Waals surface area contributed by atoms with Gasteiger partial charge in [0, 0.05) is 11.1 Å². The molecular formula is C14H15BrO5. The highest BCUT2D eigenvalue weighted by Crippen LogP contribution is 2.46. The lowest BCUT2D eigenvalue weighted by Crippen LogP contribution is -2.19. The Labute approximate surface area is 125 Å². The normalized spacial score (nSPS) is 12.7. The first-order chi connectivity index (χ1) is 9.47. The number of carbonyl (C=O) groups is 2. The van der Waals surface area contributed by atoms with Gasteiger partial charge >= 0.3 is 5.97 Å². The minimum atomic E-state index is -0.861. The zero-order chi connectivity index (χ0) is 14.9. The Morgan fingerprint density at radius 2 is 2.00 bits per heavy atom. The van der Waals surface area contributed by atoms with Crippen molar-refractivity contribution < 1.29 is 23.8 Å². The topological polar surface area (TPSA) is 61.8 Å². The van der Waals surface area contributed by atoms with E-state index in [0.717, 1.165) is 0 Å². The largest absolute Gasteiger partial charge is 0.460 e. The molecule has 5 nitrogen and oxygen atoms in total. The second-order valence-electron chi connectivity index (χ2n) is 4.59. The Morgan fingerprint density at radius 3 is 2.60 bits per heavy atom. The Hall–Kier alpha value is -1.56. The number of halogens is 1. The molecule has 0 spiro atoms. The molecule has 0 aliphatic carbocycles. The number of ether oxygens (including phenoxy) is 3. The minimum absolute atomic E-state index is 0.00641. The van der Waals surface area contributed by atoms with Gasteiger partial charge in [-0.25, -0.2) is 4.79 Å². The molecule has 0 bridgehead atoms. The number of esters is 1. The first-order valence-corrected chi connectivity index (χ1v) is 7.10. The lowest BCUT2D eigenvalue weighted by Gasteiger charge is -2.15. The van der Waals surface area contributed by atoms with Gasteiger partial charge in [-0.3, -0.25) is 4.79 Å². The fraction of sp³-hybridized carbons (Fsp3) is 0.429. The van der Waals surface area contributed by atoms with Crippen molar-refractivity contribution in [2.24, 2.45) is 0 Å². The number of hydrogen-bond acceptors (Lipinski definition) is 5. The molecule has 1 aromatic rings. The lowest BCUT2D eigenvalue weighted by molar-refractivity contribution is -0.137. The summed E-state index contributed by atoms with van der Waals surface area (Å²) in [7, 11) is 0. The van der Waals surface area contributed by atoms with Gasteiger partial charge in [-0.2, -0.15) is 0 Å². The van der Waals surface area contributed by atoms with E-state index in [1.807, 2.05) is 13.8 Å². The molecule has 0 atom stereocenters. The Bertz CT molecular complexity index is 565. The van der Waals surface area contributed by atoms with Crippen molar-refractivity contribution in [3.05, 3.63) is 21.7 Å². The van der Waals surface area contributed by atoms with Gasteiger partial charge in [-0.05, 0) is 34.8 Å². The molecule has 1 aliphatic heterocycles.